The summed E-state index contributed by atoms with van der Waals surface area (Å²) in [4.78, 5) is 0. The summed E-state index contributed by atoms with van der Waals surface area (Å²) < 4.78 is 7.75. The van der Waals surface area contributed by atoms with Crippen LogP contribution in [-0.2, 0) is 11.3 Å². The molecule has 0 atom stereocenters. The summed E-state index contributed by atoms with van der Waals surface area (Å²) in [5.74, 6) is 0.863. The van der Waals surface area contributed by atoms with Gasteiger partial charge in [-0.15, -0.1) is 0 Å². The van der Waals surface area contributed by atoms with Crippen LogP contribution in [-0.4, -0.2) is 29.5 Å². The first-order valence-corrected chi connectivity index (χ1v) is 7.74. The van der Waals surface area contributed by atoms with Gasteiger partial charge in [-0.2, -0.15) is 5.10 Å². The van der Waals surface area contributed by atoms with Crippen molar-refractivity contribution in [1.29, 1.82) is 0 Å². The fourth-order valence-corrected chi connectivity index (χ4v) is 2.74. The second kappa shape index (κ2) is 6.53. The molecule has 0 unspecified atom stereocenters. The molecule has 3 rings (SSSR count). The number of hydrogen-bond donors (Lipinski definition) is 1. The molecule has 1 aromatic heterocycles. The van der Waals surface area contributed by atoms with E-state index < -0.39 is 0 Å². The number of rotatable bonds is 8. The molecule has 19 heavy (non-hydrogen) atoms. The minimum atomic E-state index is 0.649. The van der Waals surface area contributed by atoms with Crippen molar-refractivity contribution in [3.63, 3.8) is 0 Å². The van der Waals surface area contributed by atoms with E-state index in [0.717, 1.165) is 37.9 Å². The Kier molecular flexibility index (Phi) is 4.51. The maximum Gasteiger partial charge on any atom is 0.0762 e. The molecule has 0 spiro atoms. The van der Waals surface area contributed by atoms with E-state index in [4.69, 9.17) is 4.74 Å². The molecule has 0 amide bonds. The third kappa shape index (κ3) is 4.05. The number of ether oxygens (including phenoxy) is 1. The first-order chi connectivity index (χ1) is 9.42. The van der Waals surface area contributed by atoms with Gasteiger partial charge < -0.3 is 10.1 Å². The van der Waals surface area contributed by atoms with Crippen LogP contribution in [0.5, 0.6) is 0 Å². The highest BCUT2D eigenvalue weighted by atomic mass is 16.5. The Balaban J connectivity index is 1.30. The summed E-state index contributed by atoms with van der Waals surface area (Å²) >= 11 is 0. The lowest BCUT2D eigenvalue weighted by Crippen LogP contribution is -2.20. The number of aromatic nitrogens is 2. The van der Waals surface area contributed by atoms with Crippen molar-refractivity contribution in [2.24, 2.45) is 5.92 Å². The first-order valence-electron chi connectivity index (χ1n) is 7.74. The van der Waals surface area contributed by atoms with Gasteiger partial charge in [0.1, 0.15) is 0 Å². The Morgan fingerprint density at radius 2 is 2.11 bits per heavy atom. The summed E-state index contributed by atoms with van der Waals surface area (Å²) in [6.45, 7) is 3.55. The van der Waals surface area contributed by atoms with Crippen LogP contribution in [0.2, 0.25) is 0 Å². The molecule has 1 heterocycles. The Morgan fingerprint density at radius 3 is 2.89 bits per heavy atom. The van der Waals surface area contributed by atoms with Crippen LogP contribution < -0.4 is 5.32 Å². The smallest absolute Gasteiger partial charge is 0.0762 e. The summed E-state index contributed by atoms with van der Waals surface area (Å²) in [6.07, 6.45) is 10.2. The minimum Gasteiger partial charge on any atom is -0.380 e. The zero-order valence-electron chi connectivity index (χ0n) is 11.7. The van der Waals surface area contributed by atoms with Crippen LogP contribution >= 0.6 is 0 Å². The van der Waals surface area contributed by atoms with Gasteiger partial charge in [-0.25, -0.2) is 0 Å². The van der Waals surface area contributed by atoms with Crippen LogP contribution in [0.15, 0.2) is 12.3 Å². The molecule has 0 aromatic carbocycles. The molecule has 0 bridgehead atoms. The van der Waals surface area contributed by atoms with Crippen molar-refractivity contribution in [2.45, 2.75) is 51.1 Å². The second-order valence-corrected chi connectivity index (χ2v) is 5.92. The van der Waals surface area contributed by atoms with Gasteiger partial charge in [0.25, 0.3) is 0 Å². The number of nitrogens with one attached hydrogen (secondary N) is 1. The average Bonchev–Trinajstić information content (AvgIpc) is 2.93. The number of nitrogens with zero attached hydrogens (tertiary/aromatic N) is 2. The highest BCUT2D eigenvalue weighted by Crippen LogP contribution is 2.29. The molecule has 2 aliphatic rings. The van der Waals surface area contributed by atoms with E-state index in [1.54, 1.807) is 0 Å². The van der Waals surface area contributed by atoms with Crippen molar-refractivity contribution in [3.8, 4) is 0 Å². The van der Waals surface area contributed by atoms with Crippen LogP contribution in [0.4, 0.5) is 0 Å². The Hall–Kier alpha value is -0.870. The second-order valence-electron chi connectivity index (χ2n) is 5.92. The van der Waals surface area contributed by atoms with Crippen LogP contribution in [0.25, 0.3) is 0 Å². The predicted octanol–water partition coefficient (Wildman–Crippen LogP) is 2.51. The molecule has 1 N–H and O–H groups in total. The van der Waals surface area contributed by atoms with E-state index in [9.17, 15) is 0 Å². The van der Waals surface area contributed by atoms with Gasteiger partial charge in [-0.3, -0.25) is 4.68 Å². The fourth-order valence-electron chi connectivity index (χ4n) is 2.74. The third-order valence-electron chi connectivity index (χ3n) is 4.14. The van der Waals surface area contributed by atoms with Gasteiger partial charge in [0, 0.05) is 25.9 Å². The Bertz CT molecular complexity index is 380. The van der Waals surface area contributed by atoms with Gasteiger partial charge in [0.2, 0.25) is 0 Å². The third-order valence-corrected chi connectivity index (χ3v) is 4.14. The maximum absolute atomic E-state index is 5.59. The monoisotopic (exact) mass is 263 g/mol. The van der Waals surface area contributed by atoms with Gasteiger partial charge in [-0.05, 0) is 37.7 Å². The van der Waals surface area contributed by atoms with E-state index in [1.165, 1.54) is 38.5 Å². The molecule has 0 aliphatic heterocycles. The lowest BCUT2D eigenvalue weighted by molar-refractivity contribution is 0.126. The van der Waals surface area contributed by atoms with E-state index in [2.05, 4.69) is 27.4 Å². The van der Waals surface area contributed by atoms with Gasteiger partial charge >= 0.3 is 0 Å². The van der Waals surface area contributed by atoms with Gasteiger partial charge in [0.15, 0.2) is 0 Å². The van der Waals surface area contributed by atoms with Crippen LogP contribution in [0.1, 0.15) is 50.3 Å². The van der Waals surface area contributed by atoms with E-state index >= 15 is 0 Å². The van der Waals surface area contributed by atoms with Crippen molar-refractivity contribution in [3.05, 3.63) is 18.0 Å². The Labute approximate surface area is 115 Å². The van der Waals surface area contributed by atoms with E-state index in [1.807, 2.05) is 0 Å². The molecule has 0 saturated heterocycles. The normalized spacial score (nSPS) is 20.2. The zero-order valence-corrected chi connectivity index (χ0v) is 11.7. The van der Waals surface area contributed by atoms with Crippen molar-refractivity contribution in [2.75, 3.05) is 19.8 Å². The summed E-state index contributed by atoms with van der Waals surface area (Å²) in [7, 11) is 0. The Morgan fingerprint density at radius 1 is 1.26 bits per heavy atom. The predicted molar refractivity (Wildman–Crippen MR) is 75.0 cm³/mol. The summed E-state index contributed by atoms with van der Waals surface area (Å²) in [5, 5.41) is 8.06. The van der Waals surface area contributed by atoms with E-state index in [-0.39, 0.29) is 0 Å². The highest BCUT2D eigenvalue weighted by Gasteiger charge is 2.20. The lowest BCUT2D eigenvalue weighted by atomic mass is 10.3. The lowest BCUT2D eigenvalue weighted by Gasteiger charge is -2.09. The van der Waals surface area contributed by atoms with Gasteiger partial charge in [-0.1, -0.05) is 12.8 Å². The largest absolute Gasteiger partial charge is 0.380 e. The SMILES string of the molecule is c1cn(C2CCCC2)nc1CNCCOCC1CC1. The molecule has 2 saturated carbocycles. The molecular weight excluding hydrogens is 238 g/mol. The van der Waals surface area contributed by atoms with Crippen LogP contribution in [0, 0.1) is 5.92 Å². The average molecular weight is 263 g/mol. The number of hydrogen-bond acceptors (Lipinski definition) is 3. The van der Waals surface area contributed by atoms with Crippen molar-refractivity contribution in [1.82, 2.24) is 15.1 Å². The van der Waals surface area contributed by atoms with E-state index in [0.29, 0.717) is 6.04 Å². The maximum atomic E-state index is 5.59. The minimum absolute atomic E-state index is 0.649. The molecule has 106 valence electrons. The highest BCUT2D eigenvalue weighted by molar-refractivity contribution is 4.99. The quantitative estimate of drug-likeness (QED) is 0.733. The molecule has 4 heteroatoms. The van der Waals surface area contributed by atoms with Gasteiger partial charge in [0.05, 0.1) is 18.3 Å². The molecule has 4 nitrogen and oxygen atoms in total. The summed E-state index contributed by atoms with van der Waals surface area (Å²) in [5.41, 5.74) is 1.15. The van der Waals surface area contributed by atoms with Crippen molar-refractivity contribution < 1.29 is 4.74 Å². The summed E-state index contributed by atoms with van der Waals surface area (Å²) in [6, 6.07) is 2.78. The van der Waals surface area contributed by atoms with Crippen LogP contribution in [0.3, 0.4) is 0 Å². The van der Waals surface area contributed by atoms with Crippen molar-refractivity contribution >= 4 is 0 Å². The molecule has 1 aromatic rings. The molecule has 2 fully saturated rings. The molecule has 0 radical (unpaired) electrons. The molecular formula is C15H25N3O. The topological polar surface area (TPSA) is 39.1 Å². The fraction of sp³-hybridized carbons (Fsp3) is 0.800. The first kappa shape index (κ1) is 13.1. The molecule has 2 aliphatic carbocycles. The zero-order chi connectivity index (χ0) is 12.9. The standard InChI is InChI=1S/C15H25N3O/c1-2-4-15(3-1)18-9-7-14(17-18)11-16-8-10-19-12-13-5-6-13/h7,9,13,15-16H,1-6,8,10-12H2.